The zero-order valence-electron chi connectivity index (χ0n) is 8.36. The van der Waals surface area contributed by atoms with Crippen molar-refractivity contribution >= 4 is 23.0 Å². The molecule has 0 saturated heterocycles. The van der Waals surface area contributed by atoms with Gasteiger partial charge in [0.05, 0.1) is 0 Å². The van der Waals surface area contributed by atoms with Gasteiger partial charge in [0.25, 0.3) is 0 Å². The Morgan fingerprint density at radius 3 is 2.93 bits per heavy atom. The minimum absolute atomic E-state index is 0.150. The number of thioether (sulfide) groups is 1. The third-order valence-electron chi connectivity index (χ3n) is 1.63. The molecular weight excluding hydrogens is 194 g/mol. The number of aryl methyl sites for hydroxylation is 1. The summed E-state index contributed by atoms with van der Waals surface area (Å²) in [6.45, 7) is 3.53. The van der Waals surface area contributed by atoms with Crippen LogP contribution in [0.15, 0.2) is 24.4 Å². The molecule has 0 unspecified atom stereocenters. The Labute approximate surface area is 88.4 Å². The van der Waals surface area contributed by atoms with Crippen LogP contribution in [0.5, 0.6) is 0 Å². The number of aromatic nitrogens is 1. The molecule has 0 fully saturated rings. The monoisotopic (exact) mass is 207 g/mol. The zero-order valence-corrected chi connectivity index (χ0v) is 9.17. The second-order valence-electron chi connectivity index (χ2n) is 2.94. The lowest BCUT2D eigenvalue weighted by atomic mass is 10.2. The fourth-order valence-electron chi connectivity index (χ4n) is 0.927. The summed E-state index contributed by atoms with van der Waals surface area (Å²) in [6.07, 6.45) is 5.77. The zero-order chi connectivity index (χ0) is 10.4. The molecule has 2 nitrogen and oxygen atoms in total. The second-order valence-corrected chi connectivity index (χ2v) is 4.13. The fraction of sp³-hybridized carbons (Fsp3) is 0.273. The first-order chi connectivity index (χ1) is 6.68. The van der Waals surface area contributed by atoms with Gasteiger partial charge >= 0.3 is 0 Å². The number of hydrogen-bond acceptors (Lipinski definition) is 3. The molecular formula is C11H13NOS. The average molecular weight is 207 g/mol. The van der Waals surface area contributed by atoms with Gasteiger partial charge in [0.15, 0.2) is 5.12 Å². The van der Waals surface area contributed by atoms with Crippen LogP contribution in [0.4, 0.5) is 0 Å². The van der Waals surface area contributed by atoms with E-state index in [0.29, 0.717) is 0 Å². The predicted molar refractivity (Wildman–Crippen MR) is 61.1 cm³/mol. The van der Waals surface area contributed by atoms with E-state index in [2.05, 4.69) is 4.98 Å². The normalized spacial score (nSPS) is 10.7. The van der Waals surface area contributed by atoms with Crippen LogP contribution in [0.3, 0.4) is 0 Å². The molecule has 0 aliphatic carbocycles. The lowest BCUT2D eigenvalue weighted by Crippen LogP contribution is -1.83. The van der Waals surface area contributed by atoms with Gasteiger partial charge in [0, 0.05) is 24.6 Å². The summed E-state index contributed by atoms with van der Waals surface area (Å²) in [5, 5.41) is 0.150. The van der Waals surface area contributed by atoms with E-state index in [0.717, 1.165) is 17.0 Å². The van der Waals surface area contributed by atoms with E-state index in [9.17, 15) is 4.79 Å². The number of carbonyl (C=O) groups is 1. The summed E-state index contributed by atoms with van der Waals surface area (Å²) in [5.41, 5.74) is 2.08. The molecule has 0 atom stereocenters. The standard InChI is InChI=1S/C11H13NOS/c1-9-5-6-11(8-12-9)4-3-7-14-10(2)13/h3-6,8H,7H2,1-2H3. The van der Waals surface area contributed by atoms with Gasteiger partial charge in [-0.2, -0.15) is 0 Å². The molecule has 0 bridgehead atoms. The Morgan fingerprint density at radius 2 is 2.36 bits per heavy atom. The van der Waals surface area contributed by atoms with Gasteiger partial charge in [-0.15, -0.1) is 0 Å². The highest BCUT2D eigenvalue weighted by Crippen LogP contribution is 2.05. The molecule has 0 aliphatic rings. The topological polar surface area (TPSA) is 30.0 Å². The highest BCUT2D eigenvalue weighted by molar-refractivity contribution is 8.13. The molecule has 0 spiro atoms. The van der Waals surface area contributed by atoms with Crippen LogP contribution < -0.4 is 0 Å². The molecule has 1 heterocycles. The number of nitrogens with zero attached hydrogens (tertiary/aromatic N) is 1. The maximum absolute atomic E-state index is 10.6. The van der Waals surface area contributed by atoms with Crippen LogP contribution in [-0.2, 0) is 4.79 Å². The van der Waals surface area contributed by atoms with Crippen molar-refractivity contribution in [3.8, 4) is 0 Å². The van der Waals surface area contributed by atoms with Crippen molar-refractivity contribution in [3.05, 3.63) is 35.7 Å². The van der Waals surface area contributed by atoms with Crippen molar-refractivity contribution in [2.45, 2.75) is 13.8 Å². The summed E-state index contributed by atoms with van der Waals surface area (Å²) in [4.78, 5) is 14.8. The number of carbonyl (C=O) groups excluding carboxylic acids is 1. The van der Waals surface area contributed by atoms with E-state index < -0.39 is 0 Å². The Morgan fingerprint density at radius 1 is 1.57 bits per heavy atom. The molecule has 1 rings (SSSR count). The molecule has 3 heteroatoms. The highest BCUT2D eigenvalue weighted by atomic mass is 32.2. The molecule has 0 N–H and O–H groups in total. The van der Waals surface area contributed by atoms with Crippen molar-refractivity contribution in [1.82, 2.24) is 4.98 Å². The molecule has 0 radical (unpaired) electrons. The highest BCUT2D eigenvalue weighted by Gasteiger charge is 1.90. The number of pyridine rings is 1. The quantitative estimate of drug-likeness (QED) is 0.763. The molecule has 1 aromatic heterocycles. The Balaban J connectivity index is 2.44. The van der Waals surface area contributed by atoms with E-state index in [4.69, 9.17) is 0 Å². The van der Waals surface area contributed by atoms with Crippen LogP contribution in [0.2, 0.25) is 0 Å². The van der Waals surface area contributed by atoms with Crippen molar-refractivity contribution in [3.63, 3.8) is 0 Å². The van der Waals surface area contributed by atoms with E-state index in [1.54, 1.807) is 6.92 Å². The molecule has 0 aromatic carbocycles. The Hall–Kier alpha value is -1.09. The lowest BCUT2D eigenvalue weighted by Gasteiger charge is -1.93. The summed E-state index contributed by atoms with van der Waals surface area (Å²) in [7, 11) is 0. The lowest BCUT2D eigenvalue weighted by molar-refractivity contribution is -0.109. The van der Waals surface area contributed by atoms with E-state index in [-0.39, 0.29) is 5.12 Å². The van der Waals surface area contributed by atoms with Gasteiger partial charge in [0.2, 0.25) is 0 Å². The first-order valence-corrected chi connectivity index (χ1v) is 5.39. The second kappa shape index (κ2) is 5.60. The molecule has 0 saturated carbocycles. The largest absolute Gasteiger partial charge is 0.288 e. The molecule has 1 aromatic rings. The predicted octanol–water partition coefficient (Wildman–Crippen LogP) is 2.68. The van der Waals surface area contributed by atoms with Gasteiger partial charge in [-0.1, -0.05) is 30.0 Å². The first-order valence-electron chi connectivity index (χ1n) is 4.41. The Kier molecular flexibility index (Phi) is 4.40. The molecule has 74 valence electrons. The summed E-state index contributed by atoms with van der Waals surface area (Å²) in [6, 6.07) is 3.98. The van der Waals surface area contributed by atoms with Crippen molar-refractivity contribution < 1.29 is 4.79 Å². The van der Waals surface area contributed by atoms with Crippen LogP contribution in [0.25, 0.3) is 6.08 Å². The van der Waals surface area contributed by atoms with E-state index in [1.165, 1.54) is 11.8 Å². The van der Waals surface area contributed by atoms with Crippen LogP contribution in [-0.4, -0.2) is 15.9 Å². The average Bonchev–Trinajstić information content (AvgIpc) is 2.15. The van der Waals surface area contributed by atoms with E-state index in [1.807, 2.05) is 37.4 Å². The smallest absolute Gasteiger partial charge is 0.186 e. The summed E-state index contributed by atoms with van der Waals surface area (Å²) >= 11 is 1.31. The van der Waals surface area contributed by atoms with Gasteiger partial charge in [0.1, 0.15) is 0 Å². The molecule has 14 heavy (non-hydrogen) atoms. The third kappa shape index (κ3) is 4.23. The third-order valence-corrected chi connectivity index (χ3v) is 2.39. The number of rotatable bonds is 3. The maximum atomic E-state index is 10.6. The van der Waals surface area contributed by atoms with Crippen LogP contribution in [0, 0.1) is 6.92 Å². The van der Waals surface area contributed by atoms with Gasteiger partial charge in [-0.05, 0) is 18.6 Å². The minimum atomic E-state index is 0.150. The first kappa shape index (κ1) is 11.0. The molecule has 0 aliphatic heterocycles. The van der Waals surface area contributed by atoms with Crippen molar-refractivity contribution in [2.75, 3.05) is 5.75 Å². The van der Waals surface area contributed by atoms with Crippen molar-refractivity contribution in [1.29, 1.82) is 0 Å². The minimum Gasteiger partial charge on any atom is -0.288 e. The maximum Gasteiger partial charge on any atom is 0.186 e. The van der Waals surface area contributed by atoms with Crippen LogP contribution in [0.1, 0.15) is 18.2 Å². The number of hydrogen-bond donors (Lipinski definition) is 0. The van der Waals surface area contributed by atoms with E-state index >= 15 is 0 Å². The van der Waals surface area contributed by atoms with Gasteiger partial charge in [-0.3, -0.25) is 9.78 Å². The SMILES string of the molecule is CC(=O)SCC=Cc1ccc(C)nc1. The van der Waals surface area contributed by atoms with Crippen LogP contribution >= 0.6 is 11.8 Å². The Bertz CT molecular complexity index is 330. The van der Waals surface area contributed by atoms with Gasteiger partial charge < -0.3 is 0 Å². The fourth-order valence-corrected chi connectivity index (χ4v) is 1.35. The van der Waals surface area contributed by atoms with Crippen molar-refractivity contribution in [2.24, 2.45) is 0 Å². The van der Waals surface area contributed by atoms with Gasteiger partial charge in [-0.25, -0.2) is 0 Å². The summed E-state index contributed by atoms with van der Waals surface area (Å²) in [5.74, 6) is 0.725. The molecule has 0 amide bonds. The summed E-state index contributed by atoms with van der Waals surface area (Å²) < 4.78 is 0.